The Morgan fingerprint density at radius 3 is 2.28 bits per heavy atom. The van der Waals surface area contributed by atoms with Gasteiger partial charge in [-0.3, -0.25) is 9.69 Å². The lowest BCUT2D eigenvalue weighted by atomic mass is 10.1. The minimum absolute atomic E-state index is 0.00541. The molecule has 1 aliphatic rings. The average molecular weight is 340 g/mol. The summed E-state index contributed by atoms with van der Waals surface area (Å²) in [5.74, 6) is 0.314. The molecule has 0 spiro atoms. The van der Waals surface area contributed by atoms with Crippen LogP contribution in [0.2, 0.25) is 0 Å². The van der Waals surface area contributed by atoms with Crippen molar-refractivity contribution in [3.8, 4) is 16.9 Å². The third-order valence-corrected chi connectivity index (χ3v) is 4.03. The van der Waals surface area contributed by atoms with Crippen molar-refractivity contribution < 1.29 is 19.4 Å². The number of carbonyl (C=O) groups is 2. The van der Waals surface area contributed by atoms with Crippen LogP contribution in [0.25, 0.3) is 11.1 Å². The van der Waals surface area contributed by atoms with Crippen LogP contribution in [0, 0.1) is 0 Å². The Morgan fingerprint density at radius 1 is 1.04 bits per heavy atom. The van der Waals surface area contributed by atoms with E-state index in [9.17, 15) is 14.7 Å². The number of amides is 3. The number of likely N-dealkylation sites (N-methyl/N-ethyl adjacent to an activating group) is 1. The first kappa shape index (κ1) is 17.0. The topological polar surface area (TPSA) is 70.1 Å². The van der Waals surface area contributed by atoms with E-state index in [4.69, 9.17) is 4.74 Å². The van der Waals surface area contributed by atoms with Gasteiger partial charge in [0.2, 0.25) is 5.91 Å². The van der Waals surface area contributed by atoms with Crippen LogP contribution in [-0.4, -0.2) is 59.7 Å². The van der Waals surface area contributed by atoms with Gasteiger partial charge in [-0.2, -0.15) is 0 Å². The lowest BCUT2D eigenvalue weighted by Crippen LogP contribution is -2.40. The molecule has 0 aliphatic carbocycles. The molecule has 1 saturated heterocycles. The summed E-state index contributed by atoms with van der Waals surface area (Å²) in [6.45, 7) is -0.0110. The molecule has 2 aromatic carbocycles. The third-order valence-electron chi connectivity index (χ3n) is 4.03. The van der Waals surface area contributed by atoms with Gasteiger partial charge in [-0.15, -0.1) is 0 Å². The quantitative estimate of drug-likeness (QED) is 0.817. The summed E-state index contributed by atoms with van der Waals surface area (Å²) < 4.78 is 5.55. The maximum Gasteiger partial charge on any atom is 0.327 e. The maximum absolute atomic E-state index is 11.8. The van der Waals surface area contributed by atoms with Crippen LogP contribution in [-0.2, 0) is 4.79 Å². The van der Waals surface area contributed by atoms with Crippen molar-refractivity contribution in [3.63, 3.8) is 0 Å². The van der Waals surface area contributed by atoms with Gasteiger partial charge in [-0.05, 0) is 23.3 Å². The first-order valence-electron chi connectivity index (χ1n) is 8.06. The first-order chi connectivity index (χ1) is 12.0. The predicted octanol–water partition coefficient (Wildman–Crippen LogP) is 1.99. The number of urea groups is 1. The molecule has 1 aliphatic heterocycles. The molecule has 1 N–H and O–H groups in total. The van der Waals surface area contributed by atoms with E-state index in [1.54, 1.807) is 7.05 Å². The fourth-order valence-electron chi connectivity index (χ4n) is 2.68. The van der Waals surface area contributed by atoms with Crippen LogP contribution in [0.3, 0.4) is 0 Å². The number of aliphatic hydroxyl groups is 1. The largest absolute Gasteiger partial charge is 0.491 e. The molecule has 6 heteroatoms. The van der Waals surface area contributed by atoms with Gasteiger partial charge in [0, 0.05) is 7.05 Å². The minimum Gasteiger partial charge on any atom is -0.491 e. The van der Waals surface area contributed by atoms with Gasteiger partial charge in [0.05, 0.1) is 6.54 Å². The first-order valence-corrected chi connectivity index (χ1v) is 8.06. The van der Waals surface area contributed by atoms with Gasteiger partial charge >= 0.3 is 6.03 Å². The average Bonchev–Trinajstić information content (AvgIpc) is 2.87. The van der Waals surface area contributed by atoms with E-state index in [-0.39, 0.29) is 25.6 Å². The maximum atomic E-state index is 11.8. The van der Waals surface area contributed by atoms with Gasteiger partial charge < -0.3 is 14.7 Å². The van der Waals surface area contributed by atoms with E-state index in [1.165, 1.54) is 4.90 Å². The number of ether oxygens (including phenoxy) is 1. The van der Waals surface area contributed by atoms with Gasteiger partial charge in [-0.1, -0.05) is 42.5 Å². The van der Waals surface area contributed by atoms with Crippen LogP contribution >= 0.6 is 0 Å². The zero-order valence-electron chi connectivity index (χ0n) is 14.0. The zero-order valence-corrected chi connectivity index (χ0v) is 14.0. The molecule has 1 heterocycles. The second-order valence-corrected chi connectivity index (χ2v) is 6.00. The van der Waals surface area contributed by atoms with Gasteiger partial charge in [0.15, 0.2) is 0 Å². The number of aliphatic hydroxyl groups excluding tert-OH is 1. The Bertz CT molecular complexity index is 746. The molecular formula is C19H20N2O4. The Hall–Kier alpha value is -2.86. The Kier molecular flexibility index (Phi) is 5.00. The summed E-state index contributed by atoms with van der Waals surface area (Å²) in [5.41, 5.74) is 2.19. The molecule has 0 unspecified atom stereocenters. The second kappa shape index (κ2) is 7.36. The molecule has 25 heavy (non-hydrogen) atoms. The molecule has 0 bridgehead atoms. The molecular weight excluding hydrogens is 320 g/mol. The van der Waals surface area contributed by atoms with Crippen LogP contribution in [0.4, 0.5) is 4.79 Å². The minimum atomic E-state index is -0.937. The van der Waals surface area contributed by atoms with E-state index in [0.29, 0.717) is 5.75 Å². The Morgan fingerprint density at radius 2 is 1.68 bits per heavy atom. The zero-order chi connectivity index (χ0) is 17.8. The standard InChI is InChI=1S/C19H20N2O4/c1-20-12-18(23)21(19(20)24)11-16(22)13-25-17-9-7-15(8-10-17)14-5-3-2-4-6-14/h2-10,16,22H,11-13H2,1H3/t16-/m0/s1. The molecule has 2 aromatic rings. The van der Waals surface area contributed by atoms with Crippen molar-refractivity contribution in [1.82, 2.24) is 9.80 Å². The summed E-state index contributed by atoms with van der Waals surface area (Å²) in [6, 6.07) is 17.1. The van der Waals surface area contributed by atoms with E-state index < -0.39 is 12.1 Å². The molecule has 3 rings (SSSR count). The van der Waals surface area contributed by atoms with Gasteiger partial charge in [0.1, 0.15) is 25.0 Å². The van der Waals surface area contributed by atoms with E-state index in [1.807, 2.05) is 54.6 Å². The number of hydrogen-bond acceptors (Lipinski definition) is 4. The van der Waals surface area contributed by atoms with Crippen LogP contribution in [0.5, 0.6) is 5.75 Å². The lowest BCUT2D eigenvalue weighted by Gasteiger charge is -2.18. The van der Waals surface area contributed by atoms with Crippen molar-refractivity contribution in [2.75, 3.05) is 26.7 Å². The predicted molar refractivity (Wildman–Crippen MR) is 93.1 cm³/mol. The third kappa shape index (κ3) is 3.97. The van der Waals surface area contributed by atoms with Crippen molar-refractivity contribution in [2.24, 2.45) is 0 Å². The SMILES string of the molecule is CN1CC(=O)N(C[C@H](O)COc2ccc(-c3ccccc3)cc2)C1=O. The number of hydrogen-bond donors (Lipinski definition) is 1. The molecule has 1 atom stereocenters. The molecule has 3 amide bonds. The fraction of sp³-hybridized carbons (Fsp3) is 0.263. The monoisotopic (exact) mass is 340 g/mol. The van der Waals surface area contributed by atoms with E-state index in [2.05, 4.69) is 0 Å². The molecule has 1 fully saturated rings. The summed E-state index contributed by atoms with van der Waals surface area (Å²) in [7, 11) is 1.55. The van der Waals surface area contributed by atoms with Crippen molar-refractivity contribution >= 4 is 11.9 Å². The summed E-state index contributed by atoms with van der Waals surface area (Å²) >= 11 is 0. The number of benzene rings is 2. The normalized spacial score (nSPS) is 15.6. The summed E-state index contributed by atoms with van der Waals surface area (Å²) in [5, 5.41) is 10.0. The van der Waals surface area contributed by atoms with Crippen LogP contribution in [0.1, 0.15) is 0 Å². The highest BCUT2D eigenvalue weighted by Crippen LogP contribution is 2.22. The molecule has 130 valence electrons. The fourth-order valence-corrected chi connectivity index (χ4v) is 2.68. The number of β-amino-alcohol motifs (C(OH)–C–C–N with tert-alkyl or cyclic N) is 1. The molecule has 0 radical (unpaired) electrons. The number of carbonyl (C=O) groups excluding carboxylic acids is 2. The number of imide groups is 1. The molecule has 6 nitrogen and oxygen atoms in total. The number of rotatable bonds is 6. The van der Waals surface area contributed by atoms with E-state index in [0.717, 1.165) is 16.0 Å². The Labute approximate surface area is 146 Å². The van der Waals surface area contributed by atoms with Crippen LogP contribution in [0.15, 0.2) is 54.6 Å². The highest BCUT2D eigenvalue weighted by Gasteiger charge is 2.34. The lowest BCUT2D eigenvalue weighted by molar-refractivity contribution is -0.126. The number of nitrogens with zero attached hydrogens (tertiary/aromatic N) is 2. The molecule has 0 saturated carbocycles. The molecule has 0 aromatic heterocycles. The van der Waals surface area contributed by atoms with Gasteiger partial charge in [0.25, 0.3) is 0 Å². The van der Waals surface area contributed by atoms with Crippen molar-refractivity contribution in [3.05, 3.63) is 54.6 Å². The van der Waals surface area contributed by atoms with Gasteiger partial charge in [-0.25, -0.2) is 4.79 Å². The second-order valence-electron chi connectivity index (χ2n) is 6.00. The highest BCUT2D eigenvalue weighted by molar-refractivity contribution is 6.01. The van der Waals surface area contributed by atoms with Crippen molar-refractivity contribution in [2.45, 2.75) is 6.10 Å². The van der Waals surface area contributed by atoms with Crippen molar-refractivity contribution in [1.29, 1.82) is 0 Å². The smallest absolute Gasteiger partial charge is 0.327 e. The van der Waals surface area contributed by atoms with Crippen LogP contribution < -0.4 is 4.74 Å². The summed E-state index contributed by atoms with van der Waals surface area (Å²) in [6.07, 6.45) is -0.937. The Balaban J connectivity index is 1.53. The highest BCUT2D eigenvalue weighted by atomic mass is 16.5. The summed E-state index contributed by atoms with van der Waals surface area (Å²) in [4.78, 5) is 25.8. The van der Waals surface area contributed by atoms with E-state index >= 15 is 0 Å².